The summed E-state index contributed by atoms with van der Waals surface area (Å²) in [7, 11) is -3.82. The number of carbonyl (C=O) groups excluding carboxylic acids is 1. The van der Waals surface area contributed by atoms with E-state index in [1.807, 2.05) is 0 Å². The number of sulfonamides is 1. The smallest absolute Gasteiger partial charge is 0.240 e. The van der Waals surface area contributed by atoms with E-state index in [4.69, 9.17) is 44.3 Å². The van der Waals surface area contributed by atoms with Crippen LogP contribution >= 0.6 is 34.8 Å². The summed E-state index contributed by atoms with van der Waals surface area (Å²) in [6, 6.07) is 7.24. The van der Waals surface area contributed by atoms with E-state index in [-0.39, 0.29) is 33.6 Å². The molecule has 2 aromatic carbocycles. The zero-order chi connectivity index (χ0) is 21.0. The molecule has 0 unspecified atom stereocenters. The summed E-state index contributed by atoms with van der Waals surface area (Å²) in [4.78, 5) is 12.0. The van der Waals surface area contributed by atoms with Crippen molar-refractivity contribution in [1.29, 1.82) is 0 Å². The molecule has 29 heavy (non-hydrogen) atoms. The molecule has 156 valence electrons. The molecule has 0 atom stereocenters. The fraction of sp³-hybridized carbons (Fsp3) is 0.235. The minimum absolute atomic E-state index is 0.0139. The predicted octanol–water partition coefficient (Wildman–Crippen LogP) is 3.23. The molecule has 8 nitrogen and oxygen atoms in total. The average Bonchev–Trinajstić information content (AvgIpc) is 2.66. The van der Waals surface area contributed by atoms with Gasteiger partial charge in [-0.3, -0.25) is 15.6 Å². The first-order valence-corrected chi connectivity index (χ1v) is 11.0. The number of rotatable bonds is 7. The summed E-state index contributed by atoms with van der Waals surface area (Å²) in [5.74, 6) is 0.370. The van der Waals surface area contributed by atoms with Gasteiger partial charge in [-0.15, -0.1) is 0 Å². The van der Waals surface area contributed by atoms with Crippen LogP contribution in [0.15, 0.2) is 35.2 Å². The Kier molecular flexibility index (Phi) is 6.97. The first-order valence-electron chi connectivity index (χ1n) is 8.35. The summed E-state index contributed by atoms with van der Waals surface area (Å²) >= 11 is 17.8. The van der Waals surface area contributed by atoms with Crippen LogP contribution in [-0.4, -0.2) is 34.1 Å². The fourth-order valence-corrected chi connectivity index (χ4v) is 4.39. The van der Waals surface area contributed by atoms with Crippen molar-refractivity contribution < 1.29 is 22.7 Å². The highest BCUT2D eigenvalue weighted by molar-refractivity contribution is 7.89. The number of benzene rings is 2. The van der Waals surface area contributed by atoms with Crippen LogP contribution in [0.5, 0.6) is 11.5 Å². The molecule has 1 aliphatic heterocycles. The maximum absolute atomic E-state index is 12.4. The van der Waals surface area contributed by atoms with Gasteiger partial charge in [0.1, 0.15) is 13.2 Å². The Bertz CT molecular complexity index is 1010. The minimum Gasteiger partial charge on any atom is -0.486 e. The number of hydrogen-bond donors (Lipinski definition) is 3. The third kappa shape index (κ3) is 5.58. The van der Waals surface area contributed by atoms with Gasteiger partial charge in [0.25, 0.3) is 0 Å². The quantitative estimate of drug-likeness (QED) is 0.526. The number of carbonyl (C=O) groups is 1. The van der Waals surface area contributed by atoms with Gasteiger partial charge in [0, 0.05) is 24.1 Å². The molecule has 12 heteroatoms. The molecule has 0 radical (unpaired) electrons. The molecule has 2 aromatic rings. The average molecular weight is 481 g/mol. The second-order valence-electron chi connectivity index (χ2n) is 5.87. The molecule has 0 aliphatic carbocycles. The number of anilines is 1. The zero-order valence-corrected chi connectivity index (χ0v) is 17.9. The van der Waals surface area contributed by atoms with Crippen LogP contribution in [0.1, 0.15) is 6.42 Å². The van der Waals surface area contributed by atoms with Crippen LogP contribution in [-0.2, 0) is 14.8 Å². The van der Waals surface area contributed by atoms with E-state index in [1.54, 1.807) is 0 Å². The summed E-state index contributed by atoms with van der Waals surface area (Å²) in [5, 5.41) is 0.801. The van der Waals surface area contributed by atoms with Crippen molar-refractivity contribution >= 4 is 56.4 Å². The van der Waals surface area contributed by atoms with E-state index in [0.717, 1.165) is 0 Å². The molecular weight excluding hydrogens is 465 g/mol. The van der Waals surface area contributed by atoms with Gasteiger partial charge in [0.05, 0.1) is 20.6 Å². The van der Waals surface area contributed by atoms with Crippen LogP contribution in [0.3, 0.4) is 0 Å². The van der Waals surface area contributed by atoms with Crippen LogP contribution in [0.25, 0.3) is 0 Å². The standard InChI is InChI=1S/C17H16Cl3N3O5S/c18-10-7-12(19)17(13(20)8-10)23-22-16(24)3-4-21-29(25,26)11-1-2-14-15(9-11)28-6-5-27-14/h1-2,7-9,21,23H,3-6H2,(H,22,24). The minimum atomic E-state index is -3.82. The molecule has 3 N–H and O–H groups in total. The van der Waals surface area contributed by atoms with Gasteiger partial charge in [-0.25, -0.2) is 13.1 Å². The second-order valence-corrected chi connectivity index (χ2v) is 8.89. The first kappa shape index (κ1) is 21.8. The van der Waals surface area contributed by atoms with Crippen LogP contribution < -0.4 is 25.0 Å². The predicted molar refractivity (Wildman–Crippen MR) is 110 cm³/mol. The van der Waals surface area contributed by atoms with Gasteiger partial charge in [-0.05, 0) is 24.3 Å². The second kappa shape index (κ2) is 9.27. The van der Waals surface area contributed by atoms with Crippen LogP contribution in [0.2, 0.25) is 15.1 Å². The Morgan fingerprint density at radius 2 is 1.66 bits per heavy atom. The van der Waals surface area contributed by atoms with Gasteiger partial charge in [-0.2, -0.15) is 0 Å². The molecule has 1 aliphatic rings. The van der Waals surface area contributed by atoms with E-state index < -0.39 is 15.9 Å². The van der Waals surface area contributed by atoms with Crippen molar-refractivity contribution in [3.63, 3.8) is 0 Å². The van der Waals surface area contributed by atoms with Crippen LogP contribution in [0, 0.1) is 0 Å². The van der Waals surface area contributed by atoms with Crippen molar-refractivity contribution in [2.75, 3.05) is 25.2 Å². The Morgan fingerprint density at radius 3 is 2.34 bits per heavy atom. The number of hydrogen-bond acceptors (Lipinski definition) is 6. The highest BCUT2D eigenvalue weighted by Gasteiger charge is 2.19. The summed E-state index contributed by atoms with van der Waals surface area (Å²) in [6.07, 6.45) is -0.125. The Morgan fingerprint density at radius 1 is 1.00 bits per heavy atom. The lowest BCUT2D eigenvalue weighted by atomic mass is 10.3. The molecule has 0 spiro atoms. The maximum atomic E-state index is 12.4. The van der Waals surface area contributed by atoms with Crippen molar-refractivity contribution in [2.24, 2.45) is 0 Å². The molecule has 1 heterocycles. The normalized spacial score (nSPS) is 13.1. The zero-order valence-electron chi connectivity index (χ0n) is 14.8. The Balaban J connectivity index is 1.52. The van der Waals surface area contributed by atoms with E-state index in [0.29, 0.717) is 29.7 Å². The third-order valence-corrected chi connectivity index (χ3v) is 6.07. The van der Waals surface area contributed by atoms with E-state index in [2.05, 4.69) is 15.6 Å². The lowest BCUT2D eigenvalue weighted by molar-refractivity contribution is -0.120. The summed E-state index contributed by atoms with van der Waals surface area (Å²) < 4.78 is 37.9. The Hall–Kier alpha value is -1.91. The number of ether oxygens (including phenoxy) is 2. The molecule has 3 rings (SSSR count). The highest BCUT2D eigenvalue weighted by Crippen LogP contribution is 2.33. The SMILES string of the molecule is O=C(CCNS(=O)(=O)c1ccc2c(c1)OCCO2)NNc1c(Cl)cc(Cl)cc1Cl. The van der Waals surface area contributed by atoms with Gasteiger partial charge >= 0.3 is 0 Å². The molecule has 0 bridgehead atoms. The monoisotopic (exact) mass is 479 g/mol. The number of fused-ring (bicyclic) bond motifs is 1. The molecule has 0 saturated heterocycles. The van der Waals surface area contributed by atoms with Gasteiger partial charge in [0.2, 0.25) is 15.9 Å². The van der Waals surface area contributed by atoms with Gasteiger partial charge < -0.3 is 9.47 Å². The number of halogens is 3. The van der Waals surface area contributed by atoms with E-state index in [9.17, 15) is 13.2 Å². The maximum Gasteiger partial charge on any atom is 0.240 e. The lowest BCUT2D eigenvalue weighted by Gasteiger charge is -2.19. The number of nitrogens with one attached hydrogen (secondary N) is 3. The molecule has 0 aromatic heterocycles. The topological polar surface area (TPSA) is 106 Å². The third-order valence-electron chi connectivity index (χ3n) is 3.80. The largest absolute Gasteiger partial charge is 0.486 e. The molecule has 1 amide bonds. The van der Waals surface area contributed by atoms with Crippen LogP contribution in [0.4, 0.5) is 5.69 Å². The molecule has 0 saturated carbocycles. The number of hydrazine groups is 1. The van der Waals surface area contributed by atoms with Crippen molar-refractivity contribution in [3.05, 3.63) is 45.4 Å². The van der Waals surface area contributed by atoms with E-state index >= 15 is 0 Å². The van der Waals surface area contributed by atoms with Crippen molar-refractivity contribution in [3.8, 4) is 11.5 Å². The van der Waals surface area contributed by atoms with Crippen molar-refractivity contribution in [2.45, 2.75) is 11.3 Å². The van der Waals surface area contributed by atoms with Gasteiger partial charge in [0.15, 0.2) is 11.5 Å². The number of amides is 1. The van der Waals surface area contributed by atoms with Crippen molar-refractivity contribution in [1.82, 2.24) is 10.1 Å². The first-order chi connectivity index (χ1) is 13.8. The fourth-order valence-electron chi connectivity index (χ4n) is 2.43. The lowest BCUT2D eigenvalue weighted by Crippen LogP contribution is -2.33. The highest BCUT2D eigenvalue weighted by atomic mass is 35.5. The Labute approximate surface area is 182 Å². The van der Waals surface area contributed by atoms with Gasteiger partial charge in [-0.1, -0.05) is 34.8 Å². The molecule has 0 fully saturated rings. The summed E-state index contributed by atoms with van der Waals surface area (Å²) in [5.41, 5.74) is 5.27. The molecular formula is C17H16Cl3N3O5S. The van der Waals surface area contributed by atoms with E-state index in [1.165, 1.54) is 30.3 Å². The summed E-state index contributed by atoms with van der Waals surface area (Å²) in [6.45, 7) is 0.637.